The third kappa shape index (κ3) is 8.93. The van der Waals surface area contributed by atoms with Gasteiger partial charge in [-0.15, -0.1) is 0 Å². The number of imide groups is 1. The number of rotatable bonds is 7. The molecule has 15 heteroatoms. The summed E-state index contributed by atoms with van der Waals surface area (Å²) in [6.07, 6.45) is 3.69. The van der Waals surface area contributed by atoms with Crippen LogP contribution in [-0.4, -0.2) is 148 Å². The SMILES string of the molecule is C=C1C[C@@H]2CCC34CC5O[C@H]6[C@@H](O3)[C@H]3OC(CC[C@@H]3O[C@H]6[C@H]5O4)CC(=O)C[C@H]3[C@H](CC4O[C@@H](CCC1O2)C[C@@H](C)C4=C)OC(C[C@@H](CN1C(=O)c2ccccc2C1=O)O[Si](C)(C)C(C)(C)C)[C@@H]3OC. The van der Waals surface area contributed by atoms with Gasteiger partial charge in [-0.2, -0.15) is 0 Å². The van der Waals surface area contributed by atoms with Crippen LogP contribution in [0.4, 0.5) is 0 Å². The van der Waals surface area contributed by atoms with Crippen LogP contribution in [0.1, 0.15) is 132 Å². The lowest BCUT2D eigenvalue weighted by atomic mass is 9.81. The number of methoxy groups -OCH3 is 1. The van der Waals surface area contributed by atoms with Crippen LogP contribution in [-0.2, 0) is 51.9 Å². The van der Waals surface area contributed by atoms with Gasteiger partial charge in [0.15, 0.2) is 14.1 Å². The van der Waals surface area contributed by atoms with Gasteiger partial charge in [0, 0.05) is 51.6 Å². The normalized spacial score (nSPS) is 43.8. The lowest BCUT2D eigenvalue weighted by Gasteiger charge is -2.47. The van der Waals surface area contributed by atoms with E-state index in [-0.39, 0.29) is 121 Å². The van der Waals surface area contributed by atoms with E-state index in [9.17, 15) is 14.4 Å². The van der Waals surface area contributed by atoms with Crippen molar-refractivity contribution in [1.82, 2.24) is 4.90 Å². The number of benzene rings is 1. The maximum absolute atomic E-state index is 14.7. The number of ether oxygens (including phenoxy) is 9. The molecule has 1 aromatic rings. The van der Waals surface area contributed by atoms with E-state index >= 15 is 0 Å². The van der Waals surface area contributed by atoms with E-state index in [0.717, 1.165) is 49.7 Å². The van der Waals surface area contributed by atoms with Crippen molar-refractivity contribution in [2.24, 2.45) is 11.8 Å². The molecule has 0 N–H and O–H groups in total. The molecule has 69 heavy (non-hydrogen) atoms. The maximum Gasteiger partial charge on any atom is 0.261 e. The molecule has 10 fully saturated rings. The molecule has 11 aliphatic heterocycles. The highest BCUT2D eigenvalue weighted by Crippen LogP contribution is 2.55. The minimum atomic E-state index is -2.46. The molecular formula is C54H75NO13Si. The van der Waals surface area contributed by atoms with Crippen LogP contribution < -0.4 is 0 Å². The summed E-state index contributed by atoms with van der Waals surface area (Å²) in [5.74, 6) is -1.50. The third-order valence-corrected chi connectivity index (χ3v) is 22.8. The second kappa shape index (κ2) is 18.4. The average Bonchev–Trinajstić information content (AvgIpc) is 4.03. The van der Waals surface area contributed by atoms with Crippen molar-refractivity contribution in [3.05, 3.63) is 59.7 Å². The van der Waals surface area contributed by atoms with Crippen LogP contribution >= 0.6 is 0 Å². The zero-order valence-corrected chi connectivity index (χ0v) is 42.8. The Morgan fingerprint density at radius 3 is 2.17 bits per heavy atom. The number of carbonyl (C=O) groups is 3. The summed E-state index contributed by atoms with van der Waals surface area (Å²) in [6, 6.07) is 6.97. The minimum Gasteiger partial charge on any atom is -0.412 e. The van der Waals surface area contributed by atoms with Gasteiger partial charge in [-0.1, -0.05) is 53.0 Å². The highest BCUT2D eigenvalue weighted by Gasteiger charge is 2.69. The first-order chi connectivity index (χ1) is 32.9. The minimum absolute atomic E-state index is 0.0150. The van der Waals surface area contributed by atoms with Crippen molar-refractivity contribution < 1.29 is 61.4 Å². The zero-order valence-electron chi connectivity index (χ0n) is 41.8. The second-order valence-electron chi connectivity index (χ2n) is 23.8. The third-order valence-electron chi connectivity index (χ3n) is 18.2. The van der Waals surface area contributed by atoms with E-state index in [2.05, 4.69) is 53.9 Å². The van der Waals surface area contributed by atoms with Crippen LogP contribution in [0.5, 0.6) is 0 Å². The van der Waals surface area contributed by atoms with Crippen molar-refractivity contribution >= 4 is 25.9 Å². The first-order valence-corrected chi connectivity index (χ1v) is 29.1. The quantitative estimate of drug-likeness (QED) is 0.149. The van der Waals surface area contributed by atoms with E-state index < -0.39 is 44.6 Å². The number of amides is 2. The number of hydrogen-bond donors (Lipinski definition) is 0. The molecule has 0 radical (unpaired) electrons. The molecule has 2 amide bonds. The number of fused-ring (bicyclic) bond motifs is 7. The topological polar surface area (TPSA) is 147 Å². The summed E-state index contributed by atoms with van der Waals surface area (Å²) in [5.41, 5.74) is 2.95. The largest absolute Gasteiger partial charge is 0.412 e. The molecule has 1 spiro atoms. The van der Waals surface area contributed by atoms with Gasteiger partial charge in [-0.3, -0.25) is 19.3 Å². The molecule has 10 saturated heterocycles. The monoisotopic (exact) mass is 974 g/mol. The van der Waals surface area contributed by atoms with E-state index in [4.69, 9.17) is 47.1 Å². The summed E-state index contributed by atoms with van der Waals surface area (Å²) in [6.45, 7) is 22.3. The Morgan fingerprint density at radius 1 is 0.754 bits per heavy atom. The Bertz CT molecular complexity index is 2160. The molecule has 11 aliphatic rings. The van der Waals surface area contributed by atoms with Gasteiger partial charge in [-0.25, -0.2) is 0 Å². The van der Waals surface area contributed by atoms with Crippen LogP contribution in [0, 0.1) is 11.8 Å². The number of ketones is 1. The smallest absolute Gasteiger partial charge is 0.261 e. The fraction of sp³-hybridized carbons (Fsp3) is 0.759. The van der Waals surface area contributed by atoms with Crippen molar-refractivity contribution in [3.63, 3.8) is 0 Å². The molecule has 12 rings (SSSR count). The lowest BCUT2D eigenvalue weighted by molar-refractivity contribution is -0.292. The highest BCUT2D eigenvalue weighted by atomic mass is 28.4. The molecular weight excluding hydrogens is 899 g/mol. The molecule has 0 aliphatic carbocycles. The first-order valence-electron chi connectivity index (χ1n) is 26.2. The summed E-state index contributed by atoms with van der Waals surface area (Å²) in [7, 11) is -0.776. The Morgan fingerprint density at radius 2 is 1.43 bits per heavy atom. The Labute approximate surface area is 408 Å². The van der Waals surface area contributed by atoms with Crippen LogP contribution in [0.25, 0.3) is 0 Å². The van der Waals surface area contributed by atoms with E-state index in [1.165, 1.54) is 4.90 Å². The second-order valence-corrected chi connectivity index (χ2v) is 28.6. The molecule has 0 saturated carbocycles. The van der Waals surface area contributed by atoms with Gasteiger partial charge >= 0.3 is 0 Å². The highest BCUT2D eigenvalue weighted by molar-refractivity contribution is 6.74. The van der Waals surface area contributed by atoms with Crippen molar-refractivity contribution in [1.29, 1.82) is 0 Å². The molecule has 378 valence electrons. The summed E-state index contributed by atoms with van der Waals surface area (Å²) in [5, 5.41) is -0.153. The van der Waals surface area contributed by atoms with Gasteiger partial charge in [0.2, 0.25) is 0 Å². The van der Waals surface area contributed by atoms with Gasteiger partial charge in [0.25, 0.3) is 11.8 Å². The Hall–Kier alpha value is -2.67. The Kier molecular flexibility index (Phi) is 12.9. The van der Waals surface area contributed by atoms with Gasteiger partial charge in [0.05, 0.1) is 84.8 Å². The molecule has 1 aromatic carbocycles. The fourth-order valence-corrected chi connectivity index (χ4v) is 14.9. The van der Waals surface area contributed by atoms with Gasteiger partial charge in [0.1, 0.15) is 36.3 Å². The molecule has 0 aromatic heterocycles. The first kappa shape index (κ1) is 48.6. The molecule has 6 unspecified atom stereocenters. The molecule has 11 heterocycles. The molecule has 12 bridgehead atoms. The molecule has 19 atom stereocenters. The van der Waals surface area contributed by atoms with Crippen molar-refractivity contribution in [3.8, 4) is 0 Å². The fourth-order valence-electron chi connectivity index (χ4n) is 13.5. The number of Topliss-reactive ketones (excluding diaryl/α,β-unsaturated/α-hetero) is 1. The van der Waals surface area contributed by atoms with Gasteiger partial charge in [-0.05, 0) is 92.3 Å². The predicted molar refractivity (Wildman–Crippen MR) is 255 cm³/mol. The summed E-state index contributed by atoms with van der Waals surface area (Å²) >= 11 is 0. The van der Waals surface area contributed by atoms with E-state index in [1.807, 2.05) is 0 Å². The predicted octanol–water partition coefficient (Wildman–Crippen LogP) is 7.81. The summed E-state index contributed by atoms with van der Waals surface area (Å²) < 4.78 is 68.8. The van der Waals surface area contributed by atoms with E-state index in [0.29, 0.717) is 43.2 Å². The van der Waals surface area contributed by atoms with Crippen LogP contribution in [0.3, 0.4) is 0 Å². The summed E-state index contributed by atoms with van der Waals surface area (Å²) in [4.78, 5) is 43.6. The van der Waals surface area contributed by atoms with Crippen LogP contribution in [0.15, 0.2) is 48.6 Å². The van der Waals surface area contributed by atoms with Gasteiger partial charge < -0.3 is 47.1 Å². The zero-order chi connectivity index (χ0) is 48.3. The number of hydrogen-bond acceptors (Lipinski definition) is 13. The van der Waals surface area contributed by atoms with Crippen LogP contribution in [0.2, 0.25) is 18.1 Å². The number of nitrogens with zero attached hydrogens (tertiary/aromatic N) is 1. The van der Waals surface area contributed by atoms with Crippen molar-refractivity contribution in [2.45, 2.75) is 233 Å². The Balaban J connectivity index is 0.882. The standard InChI is InChI=1S/C54H75NO13Si/c1-28-20-32-14-16-39-29(2)21-34(60-39)18-19-54-26-44-47(66-54)48-49(65-44)50(67-54)46-40(64-48)17-15-33(62-46)22-31(56)23-38-42(25-41(61-32)30(28)3)63-43(45(38)59-7)24-35(68-69(8,9)53(4,5)6)27-55-51(57)36-12-10-11-13-37(36)52(55)58/h10-13,28,32-35,38-50H,2-3,14-27H2,1,4-9H3/t28-,32+,33?,34+,35+,38+,39?,40+,41?,42+,43?,44?,45-,46+,47+,48+,49-,50+,54?/m1/s1. The maximum atomic E-state index is 14.7. The van der Waals surface area contributed by atoms with E-state index in [1.54, 1.807) is 31.4 Å². The molecule has 14 nitrogen and oxygen atoms in total. The average molecular weight is 974 g/mol. The lowest BCUT2D eigenvalue weighted by Crippen LogP contribution is -2.61. The van der Waals surface area contributed by atoms with Crippen molar-refractivity contribution in [2.75, 3.05) is 13.7 Å². The number of carbonyl (C=O) groups excluding carboxylic acids is 3.